The molecule has 0 N–H and O–H groups in total. The summed E-state index contributed by atoms with van der Waals surface area (Å²) in [6.45, 7) is 1.91. The van der Waals surface area contributed by atoms with Crippen LogP contribution in [-0.4, -0.2) is 0 Å². The molecule has 62 valence electrons. The van der Waals surface area contributed by atoms with Crippen LogP contribution in [0.2, 0.25) is 0 Å². The predicted octanol–water partition coefficient (Wildman–Crippen LogP) is 2.40. The van der Waals surface area contributed by atoms with Crippen molar-refractivity contribution in [3.05, 3.63) is 41.0 Å². The zero-order valence-electron chi connectivity index (χ0n) is 7.28. The van der Waals surface area contributed by atoms with E-state index >= 15 is 0 Å². The summed E-state index contributed by atoms with van der Waals surface area (Å²) < 4.78 is 0. The normalized spacial score (nSPS) is 9.46. The summed E-state index contributed by atoms with van der Waals surface area (Å²) in [5, 5.41) is 17.1. The highest BCUT2D eigenvalue weighted by atomic mass is 14.2. The molecule has 0 unspecified atom stereocenters. The lowest BCUT2D eigenvalue weighted by molar-refractivity contribution is 1.39. The molecule has 1 rings (SSSR count). The standard InChI is InChI=1S/C11H8N2/c1-9-4-2-5-10(8-13)11(9)6-3-7-12/h2-6H,1H3. The van der Waals surface area contributed by atoms with Crippen molar-refractivity contribution < 1.29 is 0 Å². The SMILES string of the molecule is Cc1cccc(C#N)c1C=CC#N. The summed E-state index contributed by atoms with van der Waals surface area (Å²) in [5.41, 5.74) is 2.43. The Morgan fingerprint density at radius 3 is 2.69 bits per heavy atom. The van der Waals surface area contributed by atoms with Crippen LogP contribution in [0.1, 0.15) is 16.7 Å². The van der Waals surface area contributed by atoms with Crippen LogP contribution in [0.4, 0.5) is 0 Å². The molecule has 0 amide bonds. The second kappa shape index (κ2) is 4.09. The first-order valence-electron chi connectivity index (χ1n) is 3.85. The minimum atomic E-state index is 0.603. The van der Waals surface area contributed by atoms with Crippen molar-refractivity contribution in [1.29, 1.82) is 10.5 Å². The Hall–Kier alpha value is -2.06. The third kappa shape index (κ3) is 1.95. The summed E-state index contributed by atoms with van der Waals surface area (Å²) in [5.74, 6) is 0. The molecule has 0 spiro atoms. The summed E-state index contributed by atoms with van der Waals surface area (Å²) >= 11 is 0. The first-order chi connectivity index (χ1) is 6.29. The van der Waals surface area contributed by atoms with Gasteiger partial charge in [-0.3, -0.25) is 0 Å². The minimum absolute atomic E-state index is 0.603. The third-order valence-corrected chi connectivity index (χ3v) is 1.77. The molecule has 0 heterocycles. The van der Waals surface area contributed by atoms with Crippen LogP contribution in [0.15, 0.2) is 24.3 Å². The van der Waals surface area contributed by atoms with Crippen molar-refractivity contribution in [2.24, 2.45) is 0 Å². The number of rotatable bonds is 1. The maximum atomic E-state index is 8.78. The van der Waals surface area contributed by atoms with Gasteiger partial charge in [-0.15, -0.1) is 0 Å². The van der Waals surface area contributed by atoms with Gasteiger partial charge in [0.25, 0.3) is 0 Å². The molecule has 0 fully saturated rings. The van der Waals surface area contributed by atoms with Crippen LogP contribution in [0, 0.1) is 29.6 Å². The van der Waals surface area contributed by atoms with E-state index < -0.39 is 0 Å². The van der Waals surface area contributed by atoms with Gasteiger partial charge in [-0.05, 0) is 30.2 Å². The van der Waals surface area contributed by atoms with Crippen molar-refractivity contribution >= 4 is 6.08 Å². The fraction of sp³-hybridized carbons (Fsp3) is 0.0909. The van der Waals surface area contributed by atoms with E-state index in [9.17, 15) is 0 Å². The van der Waals surface area contributed by atoms with Crippen molar-refractivity contribution in [3.8, 4) is 12.1 Å². The number of hydrogen-bond donors (Lipinski definition) is 0. The molecule has 0 saturated carbocycles. The van der Waals surface area contributed by atoms with Crippen molar-refractivity contribution in [2.75, 3.05) is 0 Å². The number of benzene rings is 1. The number of aryl methyl sites for hydroxylation is 1. The highest BCUT2D eigenvalue weighted by Crippen LogP contribution is 2.14. The van der Waals surface area contributed by atoms with Crippen molar-refractivity contribution in [1.82, 2.24) is 0 Å². The van der Waals surface area contributed by atoms with Crippen molar-refractivity contribution in [3.63, 3.8) is 0 Å². The monoisotopic (exact) mass is 168 g/mol. The third-order valence-electron chi connectivity index (χ3n) is 1.77. The maximum Gasteiger partial charge on any atom is 0.0998 e. The second-order valence-corrected chi connectivity index (χ2v) is 2.61. The minimum Gasteiger partial charge on any atom is -0.193 e. The summed E-state index contributed by atoms with van der Waals surface area (Å²) in [6.07, 6.45) is 3.04. The lowest BCUT2D eigenvalue weighted by Gasteiger charge is -2.00. The number of nitriles is 2. The molecule has 0 aliphatic rings. The van der Waals surface area contributed by atoms with E-state index in [4.69, 9.17) is 10.5 Å². The molecule has 0 aromatic heterocycles. The van der Waals surface area contributed by atoms with E-state index in [1.54, 1.807) is 12.1 Å². The molecular weight excluding hydrogens is 160 g/mol. The van der Waals surface area contributed by atoms with E-state index in [2.05, 4.69) is 6.07 Å². The molecule has 2 heteroatoms. The summed E-state index contributed by atoms with van der Waals surface area (Å²) in [7, 11) is 0. The van der Waals surface area contributed by atoms with Gasteiger partial charge in [-0.1, -0.05) is 12.1 Å². The number of allylic oxidation sites excluding steroid dienone is 1. The van der Waals surface area contributed by atoms with Crippen LogP contribution in [0.25, 0.3) is 6.08 Å². The molecule has 0 radical (unpaired) electrons. The number of nitrogens with zero attached hydrogens (tertiary/aromatic N) is 2. The quantitative estimate of drug-likeness (QED) is 0.604. The van der Waals surface area contributed by atoms with E-state index in [0.717, 1.165) is 11.1 Å². The number of hydrogen-bond acceptors (Lipinski definition) is 2. The smallest absolute Gasteiger partial charge is 0.0998 e. The van der Waals surface area contributed by atoms with E-state index in [1.165, 1.54) is 6.08 Å². The van der Waals surface area contributed by atoms with Gasteiger partial charge in [0, 0.05) is 6.08 Å². The van der Waals surface area contributed by atoms with E-state index in [1.807, 2.05) is 25.1 Å². The predicted molar refractivity (Wildman–Crippen MR) is 50.5 cm³/mol. The van der Waals surface area contributed by atoms with Gasteiger partial charge >= 0.3 is 0 Å². The Bertz CT molecular complexity index is 417. The summed E-state index contributed by atoms with van der Waals surface area (Å²) in [4.78, 5) is 0. The molecule has 0 aliphatic heterocycles. The van der Waals surface area contributed by atoms with Gasteiger partial charge in [0.1, 0.15) is 0 Å². The van der Waals surface area contributed by atoms with Gasteiger partial charge in [0.15, 0.2) is 0 Å². The first-order valence-corrected chi connectivity index (χ1v) is 3.85. The molecule has 1 aromatic carbocycles. The van der Waals surface area contributed by atoms with Gasteiger partial charge in [-0.2, -0.15) is 10.5 Å². The molecule has 0 saturated heterocycles. The van der Waals surface area contributed by atoms with Crippen LogP contribution < -0.4 is 0 Å². The Kier molecular flexibility index (Phi) is 2.84. The van der Waals surface area contributed by atoms with Crippen molar-refractivity contribution in [2.45, 2.75) is 6.92 Å². The second-order valence-electron chi connectivity index (χ2n) is 2.61. The van der Waals surface area contributed by atoms with E-state index in [0.29, 0.717) is 5.56 Å². The van der Waals surface area contributed by atoms with Gasteiger partial charge in [-0.25, -0.2) is 0 Å². The molecule has 0 atom stereocenters. The van der Waals surface area contributed by atoms with E-state index in [-0.39, 0.29) is 0 Å². The largest absolute Gasteiger partial charge is 0.193 e. The Morgan fingerprint density at radius 1 is 1.31 bits per heavy atom. The Balaban J connectivity index is 3.27. The molecule has 2 nitrogen and oxygen atoms in total. The molecular formula is C11H8N2. The Morgan fingerprint density at radius 2 is 2.08 bits per heavy atom. The highest BCUT2D eigenvalue weighted by Gasteiger charge is 1.99. The van der Waals surface area contributed by atoms with Gasteiger partial charge in [0.05, 0.1) is 17.7 Å². The average Bonchev–Trinajstić information content (AvgIpc) is 2.15. The zero-order valence-corrected chi connectivity index (χ0v) is 7.28. The fourth-order valence-electron chi connectivity index (χ4n) is 1.12. The van der Waals surface area contributed by atoms with Crippen LogP contribution in [0.5, 0.6) is 0 Å². The Labute approximate surface area is 77.4 Å². The highest BCUT2D eigenvalue weighted by molar-refractivity contribution is 5.62. The molecule has 13 heavy (non-hydrogen) atoms. The first kappa shape index (κ1) is 9.03. The van der Waals surface area contributed by atoms with Crippen LogP contribution >= 0.6 is 0 Å². The lowest BCUT2D eigenvalue weighted by Crippen LogP contribution is -1.85. The zero-order chi connectivity index (χ0) is 9.68. The molecule has 0 aliphatic carbocycles. The lowest BCUT2D eigenvalue weighted by atomic mass is 10.0. The molecule has 0 bridgehead atoms. The fourth-order valence-corrected chi connectivity index (χ4v) is 1.12. The van der Waals surface area contributed by atoms with Gasteiger partial charge < -0.3 is 0 Å². The summed E-state index contributed by atoms with van der Waals surface area (Å²) in [6, 6.07) is 9.48. The maximum absolute atomic E-state index is 8.78. The average molecular weight is 168 g/mol. The van der Waals surface area contributed by atoms with Crippen LogP contribution in [-0.2, 0) is 0 Å². The van der Waals surface area contributed by atoms with Gasteiger partial charge in [0.2, 0.25) is 0 Å². The molecule has 1 aromatic rings. The van der Waals surface area contributed by atoms with Crippen LogP contribution in [0.3, 0.4) is 0 Å². The topological polar surface area (TPSA) is 47.6 Å².